The molecule has 1 N–H and O–H groups in total. The molecule has 2 aliphatic rings. The topological polar surface area (TPSA) is 38.3 Å². The number of nitrogens with one attached hydrogen (secondary N) is 1. The SMILES string of the molecule is CNC(=O)OC[C@H]1C2CCC#CCCC21C. The van der Waals surface area contributed by atoms with E-state index in [4.69, 9.17) is 4.74 Å². The number of amides is 1. The molecule has 0 heterocycles. The summed E-state index contributed by atoms with van der Waals surface area (Å²) in [5, 5.41) is 2.48. The molecular weight excluding hydrogens is 202 g/mol. The molecule has 2 rings (SSSR count). The molecule has 3 heteroatoms. The van der Waals surface area contributed by atoms with E-state index in [1.165, 1.54) is 0 Å². The average Bonchev–Trinajstić information content (AvgIpc) is 2.79. The van der Waals surface area contributed by atoms with Crippen molar-refractivity contribution in [2.24, 2.45) is 17.3 Å². The van der Waals surface area contributed by atoms with Crippen LogP contribution in [0, 0.1) is 29.1 Å². The van der Waals surface area contributed by atoms with Crippen molar-refractivity contribution in [2.75, 3.05) is 13.7 Å². The molecule has 2 aliphatic carbocycles. The Hall–Kier alpha value is -1.17. The number of alkyl carbamates (subject to hydrolysis) is 1. The molecule has 0 aromatic rings. The largest absolute Gasteiger partial charge is 0.449 e. The van der Waals surface area contributed by atoms with Gasteiger partial charge in [0.05, 0.1) is 6.61 Å². The van der Waals surface area contributed by atoms with E-state index in [1.807, 2.05) is 0 Å². The Morgan fingerprint density at radius 3 is 3.00 bits per heavy atom. The number of carbonyl (C=O) groups is 1. The van der Waals surface area contributed by atoms with Crippen LogP contribution in [0.2, 0.25) is 0 Å². The van der Waals surface area contributed by atoms with Crippen LogP contribution in [0.25, 0.3) is 0 Å². The summed E-state index contributed by atoms with van der Waals surface area (Å²) in [5.41, 5.74) is 0.364. The van der Waals surface area contributed by atoms with Crippen LogP contribution in [0.3, 0.4) is 0 Å². The van der Waals surface area contributed by atoms with Crippen LogP contribution in [-0.4, -0.2) is 19.7 Å². The van der Waals surface area contributed by atoms with Crippen LogP contribution in [0.15, 0.2) is 0 Å². The molecule has 0 aromatic heterocycles. The summed E-state index contributed by atoms with van der Waals surface area (Å²) >= 11 is 0. The van der Waals surface area contributed by atoms with E-state index in [9.17, 15) is 4.79 Å². The minimum Gasteiger partial charge on any atom is -0.449 e. The standard InChI is InChI=1S/C13H19NO2/c1-13-8-6-4-3-5-7-10(13)11(13)9-16-12(15)14-2/h10-11H,5-9H2,1-2H3,(H,14,15)/t10?,11-,13?/m0/s1. The zero-order valence-electron chi connectivity index (χ0n) is 10.0. The Balaban J connectivity index is 1.87. The van der Waals surface area contributed by atoms with Gasteiger partial charge in [0.15, 0.2) is 0 Å². The zero-order valence-corrected chi connectivity index (χ0v) is 10.0. The van der Waals surface area contributed by atoms with Gasteiger partial charge in [-0.1, -0.05) is 6.92 Å². The molecule has 88 valence electrons. The second-order valence-corrected chi connectivity index (χ2v) is 4.96. The molecule has 0 spiro atoms. The summed E-state index contributed by atoms with van der Waals surface area (Å²) in [6, 6.07) is 0. The summed E-state index contributed by atoms with van der Waals surface area (Å²) in [6.45, 7) is 2.86. The summed E-state index contributed by atoms with van der Waals surface area (Å²) in [5.74, 6) is 7.62. The van der Waals surface area contributed by atoms with Gasteiger partial charge < -0.3 is 10.1 Å². The Morgan fingerprint density at radius 2 is 2.25 bits per heavy atom. The summed E-state index contributed by atoms with van der Waals surface area (Å²) in [4.78, 5) is 11.0. The minimum atomic E-state index is -0.320. The lowest BCUT2D eigenvalue weighted by molar-refractivity contribution is 0.137. The Bertz CT molecular complexity index is 342. The fourth-order valence-electron chi connectivity index (χ4n) is 2.95. The quantitative estimate of drug-likeness (QED) is 0.726. The van der Waals surface area contributed by atoms with Crippen molar-refractivity contribution in [3.63, 3.8) is 0 Å². The highest BCUT2D eigenvalue weighted by Gasteiger charge is 2.60. The normalized spacial score (nSPS) is 35.9. The fourth-order valence-corrected chi connectivity index (χ4v) is 2.95. The van der Waals surface area contributed by atoms with E-state index in [-0.39, 0.29) is 6.09 Å². The van der Waals surface area contributed by atoms with Gasteiger partial charge in [0.1, 0.15) is 0 Å². The molecule has 16 heavy (non-hydrogen) atoms. The Labute approximate surface area is 96.9 Å². The average molecular weight is 221 g/mol. The van der Waals surface area contributed by atoms with E-state index in [2.05, 4.69) is 24.1 Å². The van der Waals surface area contributed by atoms with E-state index < -0.39 is 0 Å². The predicted molar refractivity (Wildman–Crippen MR) is 61.7 cm³/mol. The molecular formula is C13H19NO2. The first kappa shape index (κ1) is 11.3. The van der Waals surface area contributed by atoms with Gasteiger partial charge in [-0.2, -0.15) is 0 Å². The highest BCUT2D eigenvalue weighted by atomic mass is 16.5. The second-order valence-electron chi connectivity index (χ2n) is 4.96. The predicted octanol–water partition coefficient (Wildman–Crippen LogP) is 2.17. The van der Waals surface area contributed by atoms with Gasteiger partial charge in [-0.15, -0.1) is 11.8 Å². The molecule has 3 nitrogen and oxygen atoms in total. The molecule has 0 bridgehead atoms. The molecule has 2 unspecified atom stereocenters. The van der Waals surface area contributed by atoms with E-state index in [1.54, 1.807) is 7.05 Å². The molecule has 1 fully saturated rings. The molecule has 0 saturated heterocycles. The van der Waals surface area contributed by atoms with Crippen molar-refractivity contribution in [3.8, 4) is 11.8 Å². The molecule has 3 atom stereocenters. The first-order chi connectivity index (χ1) is 7.68. The van der Waals surface area contributed by atoms with Crippen molar-refractivity contribution in [2.45, 2.75) is 32.6 Å². The smallest absolute Gasteiger partial charge is 0.406 e. The Kier molecular flexibility index (Phi) is 3.09. The summed E-state index contributed by atoms with van der Waals surface area (Å²) < 4.78 is 5.16. The number of hydrogen-bond acceptors (Lipinski definition) is 2. The lowest BCUT2D eigenvalue weighted by atomic mass is 9.95. The van der Waals surface area contributed by atoms with E-state index in [0.717, 1.165) is 25.7 Å². The van der Waals surface area contributed by atoms with Crippen molar-refractivity contribution >= 4 is 6.09 Å². The van der Waals surface area contributed by atoms with Crippen LogP contribution in [0.1, 0.15) is 32.6 Å². The lowest BCUT2D eigenvalue weighted by Crippen LogP contribution is -2.21. The minimum absolute atomic E-state index is 0.320. The third kappa shape index (κ3) is 2.02. The van der Waals surface area contributed by atoms with Crippen molar-refractivity contribution in [1.82, 2.24) is 5.32 Å². The first-order valence-electron chi connectivity index (χ1n) is 5.98. The van der Waals surface area contributed by atoms with Gasteiger partial charge in [-0.05, 0) is 24.2 Å². The highest BCUT2D eigenvalue weighted by molar-refractivity contribution is 5.66. The van der Waals surface area contributed by atoms with Gasteiger partial charge in [-0.3, -0.25) is 0 Å². The third-order valence-electron chi connectivity index (χ3n) is 4.16. The zero-order chi connectivity index (χ0) is 11.6. The maximum atomic E-state index is 11.0. The van der Waals surface area contributed by atoms with Crippen LogP contribution in [0.4, 0.5) is 4.79 Å². The highest BCUT2D eigenvalue weighted by Crippen LogP contribution is 2.63. The number of hydrogen-bond donors (Lipinski definition) is 1. The van der Waals surface area contributed by atoms with Gasteiger partial charge >= 0.3 is 6.09 Å². The summed E-state index contributed by atoms with van der Waals surface area (Å²) in [7, 11) is 1.59. The monoisotopic (exact) mass is 221 g/mol. The van der Waals surface area contributed by atoms with Crippen molar-refractivity contribution in [3.05, 3.63) is 0 Å². The van der Waals surface area contributed by atoms with Crippen molar-refractivity contribution in [1.29, 1.82) is 0 Å². The molecule has 0 aromatic carbocycles. The fraction of sp³-hybridized carbons (Fsp3) is 0.769. The number of fused-ring (bicyclic) bond motifs is 1. The molecule has 1 saturated carbocycles. The number of ether oxygens (including phenoxy) is 1. The number of rotatable bonds is 2. The first-order valence-corrected chi connectivity index (χ1v) is 5.98. The van der Waals surface area contributed by atoms with Crippen LogP contribution >= 0.6 is 0 Å². The van der Waals surface area contributed by atoms with Gasteiger partial charge in [-0.25, -0.2) is 4.79 Å². The lowest BCUT2D eigenvalue weighted by Gasteiger charge is -2.10. The molecule has 0 radical (unpaired) electrons. The molecule has 0 aliphatic heterocycles. The van der Waals surface area contributed by atoms with Gasteiger partial charge in [0.25, 0.3) is 0 Å². The van der Waals surface area contributed by atoms with Crippen LogP contribution in [0.5, 0.6) is 0 Å². The van der Waals surface area contributed by atoms with Crippen molar-refractivity contribution < 1.29 is 9.53 Å². The Morgan fingerprint density at radius 1 is 1.50 bits per heavy atom. The van der Waals surface area contributed by atoms with Gasteiger partial charge in [0.2, 0.25) is 0 Å². The van der Waals surface area contributed by atoms with Gasteiger partial charge in [0, 0.05) is 25.8 Å². The maximum Gasteiger partial charge on any atom is 0.406 e. The maximum absolute atomic E-state index is 11.0. The molecule has 1 amide bonds. The summed E-state index contributed by atoms with van der Waals surface area (Å²) in [6.07, 6.45) is 3.97. The number of carbonyl (C=O) groups excluding carboxylic acids is 1. The van der Waals surface area contributed by atoms with Crippen LogP contribution in [-0.2, 0) is 4.74 Å². The van der Waals surface area contributed by atoms with E-state index in [0.29, 0.717) is 23.9 Å². The van der Waals surface area contributed by atoms with Crippen LogP contribution < -0.4 is 5.32 Å². The van der Waals surface area contributed by atoms with E-state index >= 15 is 0 Å². The third-order valence-corrected chi connectivity index (χ3v) is 4.16. The second kappa shape index (κ2) is 4.37.